The zero-order valence-corrected chi connectivity index (χ0v) is 21.5. The smallest absolute Gasteiger partial charge is 0.230 e. The second kappa shape index (κ2) is 10.3. The van der Waals surface area contributed by atoms with E-state index in [-0.39, 0.29) is 11.8 Å². The Morgan fingerprint density at radius 2 is 2.06 bits per heavy atom. The van der Waals surface area contributed by atoms with Crippen LogP contribution in [-0.2, 0) is 27.3 Å². The monoisotopic (exact) mass is 496 g/mol. The van der Waals surface area contributed by atoms with E-state index in [9.17, 15) is 9.32 Å². The number of carbonyl (C=O) groups is 1. The van der Waals surface area contributed by atoms with Crippen LogP contribution in [0, 0.1) is 11.3 Å². The molecule has 194 valence electrons. The van der Waals surface area contributed by atoms with E-state index < -0.39 is 6.10 Å². The number of hydrogen-bond donors (Lipinski definition) is 2. The lowest BCUT2D eigenvalue weighted by molar-refractivity contribution is -0.190. The van der Waals surface area contributed by atoms with E-state index in [1.165, 1.54) is 24.1 Å². The standard InChI is InChI=1S/C28H37FN4O3/c1-4-28(2)12-11-22-25(17-28)31-32-26(22)24-15-19-5-8-20(16-23(19)30-24)33(13-14-35-3)27(34)18-6-9-21(36-29)10-7-18/h5,8,15-16,18,21,30H,4,6-7,9-14,17H2,1-3H3,(H,31,32). The Bertz CT molecular complexity index is 1210. The van der Waals surface area contributed by atoms with Crippen molar-refractivity contribution in [1.82, 2.24) is 15.2 Å². The van der Waals surface area contributed by atoms with Gasteiger partial charge in [-0.25, -0.2) is 0 Å². The number of aromatic nitrogens is 3. The Kier molecular flexibility index (Phi) is 7.17. The molecule has 1 saturated carbocycles. The van der Waals surface area contributed by atoms with Gasteiger partial charge < -0.3 is 14.6 Å². The van der Waals surface area contributed by atoms with E-state index in [1.807, 2.05) is 17.0 Å². The first-order valence-electron chi connectivity index (χ1n) is 13.2. The van der Waals surface area contributed by atoms with E-state index >= 15 is 0 Å². The molecular formula is C28H37FN4O3. The molecular weight excluding hydrogens is 459 g/mol. The van der Waals surface area contributed by atoms with Crippen LogP contribution in [0.5, 0.6) is 0 Å². The Morgan fingerprint density at radius 1 is 1.25 bits per heavy atom. The first-order chi connectivity index (χ1) is 17.4. The number of ether oxygens (including phenoxy) is 1. The summed E-state index contributed by atoms with van der Waals surface area (Å²) in [6, 6.07) is 8.23. The first-order valence-corrected chi connectivity index (χ1v) is 13.2. The Morgan fingerprint density at radius 3 is 2.78 bits per heavy atom. The Balaban J connectivity index is 1.40. The summed E-state index contributed by atoms with van der Waals surface area (Å²) in [5.41, 5.74) is 6.71. The molecule has 0 bridgehead atoms. The lowest BCUT2D eigenvalue weighted by Gasteiger charge is -2.32. The second-order valence-corrected chi connectivity index (χ2v) is 10.9. The van der Waals surface area contributed by atoms with Crippen LogP contribution in [0.3, 0.4) is 0 Å². The molecule has 36 heavy (non-hydrogen) atoms. The van der Waals surface area contributed by atoms with Gasteiger partial charge in [0.2, 0.25) is 5.91 Å². The number of benzene rings is 1. The topological polar surface area (TPSA) is 83.2 Å². The minimum Gasteiger partial charge on any atom is -0.383 e. The number of fused-ring (bicyclic) bond motifs is 2. The molecule has 3 aromatic rings. The first kappa shape index (κ1) is 25.0. The van der Waals surface area contributed by atoms with Gasteiger partial charge in [0.25, 0.3) is 0 Å². The predicted molar refractivity (Wildman–Crippen MR) is 138 cm³/mol. The van der Waals surface area contributed by atoms with Gasteiger partial charge in [-0.1, -0.05) is 26.3 Å². The summed E-state index contributed by atoms with van der Waals surface area (Å²) in [6.07, 6.45) is 6.40. The lowest BCUT2D eigenvalue weighted by Crippen LogP contribution is -2.40. The van der Waals surface area contributed by atoms with Gasteiger partial charge in [0.1, 0.15) is 5.69 Å². The van der Waals surface area contributed by atoms with Crippen molar-refractivity contribution in [2.24, 2.45) is 11.3 Å². The van der Waals surface area contributed by atoms with Gasteiger partial charge in [-0.15, -0.1) is 0 Å². The Hall–Kier alpha value is -2.71. The van der Waals surface area contributed by atoms with Crippen LogP contribution < -0.4 is 4.90 Å². The van der Waals surface area contributed by atoms with Crippen molar-refractivity contribution in [1.29, 1.82) is 0 Å². The van der Waals surface area contributed by atoms with Crippen LogP contribution >= 0.6 is 0 Å². The van der Waals surface area contributed by atoms with Crippen LogP contribution in [-0.4, -0.2) is 47.5 Å². The summed E-state index contributed by atoms with van der Waals surface area (Å²) < 4.78 is 17.9. The van der Waals surface area contributed by atoms with Crippen molar-refractivity contribution in [2.45, 2.75) is 71.3 Å². The molecule has 1 amide bonds. The molecule has 0 aliphatic heterocycles. The van der Waals surface area contributed by atoms with Crippen molar-refractivity contribution in [3.05, 3.63) is 35.5 Å². The summed E-state index contributed by atoms with van der Waals surface area (Å²) in [5.74, 6) is -0.0663. The van der Waals surface area contributed by atoms with E-state index in [2.05, 4.69) is 46.1 Å². The van der Waals surface area contributed by atoms with E-state index in [0.29, 0.717) is 44.2 Å². The maximum atomic E-state index is 13.5. The fourth-order valence-corrected chi connectivity index (χ4v) is 5.86. The van der Waals surface area contributed by atoms with Gasteiger partial charge in [-0.2, -0.15) is 10.0 Å². The fraction of sp³-hybridized carbons (Fsp3) is 0.571. The molecule has 8 heteroatoms. The van der Waals surface area contributed by atoms with Gasteiger partial charge in [-0.05, 0) is 73.1 Å². The molecule has 1 aromatic carbocycles. The molecule has 1 unspecified atom stereocenters. The molecule has 5 rings (SSSR count). The SMILES string of the molecule is CCC1(C)CCc2c(-c3cc4ccc(N(CCOC)C(=O)C5CCC(OF)CC5)cc4[nH]3)n[nH]c2C1. The minimum absolute atomic E-state index is 0.0656. The summed E-state index contributed by atoms with van der Waals surface area (Å²) >= 11 is 0. The highest BCUT2D eigenvalue weighted by Crippen LogP contribution is 2.40. The minimum atomic E-state index is -0.390. The van der Waals surface area contributed by atoms with Crippen LogP contribution in [0.4, 0.5) is 10.2 Å². The number of nitrogens with zero attached hydrogens (tertiary/aromatic N) is 2. The quantitative estimate of drug-likeness (QED) is 0.407. The van der Waals surface area contributed by atoms with Crippen molar-refractivity contribution in [3.8, 4) is 11.4 Å². The largest absolute Gasteiger partial charge is 0.383 e. The maximum absolute atomic E-state index is 13.5. The number of H-pyrrole nitrogens is 2. The molecule has 2 aliphatic carbocycles. The maximum Gasteiger partial charge on any atom is 0.230 e. The zero-order chi connectivity index (χ0) is 25.3. The average molecular weight is 497 g/mol. The molecule has 2 aromatic heterocycles. The summed E-state index contributed by atoms with van der Waals surface area (Å²) in [4.78, 5) is 22.8. The summed E-state index contributed by atoms with van der Waals surface area (Å²) in [7, 11) is 1.64. The predicted octanol–water partition coefficient (Wildman–Crippen LogP) is 5.90. The number of hydrogen-bond acceptors (Lipinski definition) is 4. The number of aromatic amines is 2. The van der Waals surface area contributed by atoms with Crippen molar-refractivity contribution < 1.29 is 19.0 Å². The third-order valence-electron chi connectivity index (χ3n) is 8.50. The second-order valence-electron chi connectivity index (χ2n) is 10.9. The van der Waals surface area contributed by atoms with E-state index in [4.69, 9.17) is 4.74 Å². The van der Waals surface area contributed by atoms with Crippen LogP contribution in [0.25, 0.3) is 22.3 Å². The van der Waals surface area contributed by atoms with Gasteiger partial charge in [0.15, 0.2) is 0 Å². The molecule has 0 saturated heterocycles. The molecule has 0 spiro atoms. The number of amides is 1. The van der Waals surface area contributed by atoms with Crippen LogP contribution in [0.15, 0.2) is 24.3 Å². The highest BCUT2D eigenvalue weighted by molar-refractivity contribution is 5.98. The molecule has 0 radical (unpaired) electrons. The third kappa shape index (κ3) is 4.81. The van der Waals surface area contributed by atoms with E-state index in [0.717, 1.165) is 40.8 Å². The number of halogens is 1. The Labute approximate surface area is 211 Å². The number of anilines is 1. The highest BCUT2D eigenvalue weighted by atomic mass is 19.3. The highest BCUT2D eigenvalue weighted by Gasteiger charge is 2.33. The van der Waals surface area contributed by atoms with Gasteiger partial charge >= 0.3 is 0 Å². The summed E-state index contributed by atoms with van der Waals surface area (Å²) in [5, 5.41) is 9.07. The van der Waals surface area contributed by atoms with Gasteiger partial charge in [0, 0.05) is 47.4 Å². The van der Waals surface area contributed by atoms with Crippen LogP contribution in [0.2, 0.25) is 0 Å². The number of methoxy groups -OCH3 is 1. The number of nitrogens with one attached hydrogen (secondary N) is 2. The normalized spacial score (nSPS) is 24.1. The van der Waals surface area contributed by atoms with Crippen molar-refractivity contribution >= 4 is 22.5 Å². The van der Waals surface area contributed by atoms with E-state index in [1.54, 1.807) is 7.11 Å². The van der Waals surface area contributed by atoms with Crippen molar-refractivity contribution in [3.63, 3.8) is 0 Å². The zero-order valence-electron chi connectivity index (χ0n) is 21.5. The molecule has 2 N–H and O–H groups in total. The number of carbonyl (C=O) groups excluding carboxylic acids is 1. The molecule has 7 nitrogen and oxygen atoms in total. The molecule has 1 atom stereocenters. The molecule has 1 fully saturated rings. The molecule has 2 aliphatic rings. The van der Waals surface area contributed by atoms with Crippen LogP contribution in [0.1, 0.15) is 63.6 Å². The fourth-order valence-electron chi connectivity index (χ4n) is 5.86. The lowest BCUT2D eigenvalue weighted by atomic mass is 9.73. The third-order valence-corrected chi connectivity index (χ3v) is 8.50. The molecule has 2 heterocycles. The van der Waals surface area contributed by atoms with Gasteiger partial charge in [-0.3, -0.25) is 9.89 Å². The van der Waals surface area contributed by atoms with Crippen molar-refractivity contribution in [2.75, 3.05) is 25.2 Å². The average Bonchev–Trinajstić information content (AvgIpc) is 3.52. The van der Waals surface area contributed by atoms with Gasteiger partial charge in [0.05, 0.1) is 18.4 Å². The number of rotatable bonds is 8. The summed E-state index contributed by atoms with van der Waals surface area (Å²) in [6.45, 7) is 5.54.